The average molecular weight is 442 g/mol. The Labute approximate surface area is 183 Å². The maximum Gasteiger partial charge on any atom is 0.270 e. The van der Waals surface area contributed by atoms with Gasteiger partial charge < -0.3 is 5.32 Å². The minimum atomic E-state index is -0.482. The average Bonchev–Trinajstić information content (AvgIpc) is 2.97. The van der Waals surface area contributed by atoms with Crippen LogP contribution in [0.25, 0.3) is 6.08 Å². The Bertz CT molecular complexity index is 1030. The fourth-order valence-electron chi connectivity index (χ4n) is 2.83. The summed E-state index contributed by atoms with van der Waals surface area (Å²) >= 11 is 6.44. The highest BCUT2D eigenvalue weighted by molar-refractivity contribution is 8.26. The number of carbonyl (C=O) groups is 2. The lowest BCUT2D eigenvalue weighted by atomic mass is 10.2. The van der Waals surface area contributed by atoms with Crippen LogP contribution in [0.5, 0.6) is 0 Å². The summed E-state index contributed by atoms with van der Waals surface area (Å²) < 4.78 is 0.413. The third-order valence-corrected chi connectivity index (χ3v) is 5.75. The van der Waals surface area contributed by atoms with Crippen molar-refractivity contribution >= 4 is 57.6 Å². The van der Waals surface area contributed by atoms with Crippen LogP contribution in [0.1, 0.15) is 24.0 Å². The Morgan fingerprint density at radius 3 is 2.70 bits per heavy atom. The molecule has 1 fully saturated rings. The molecule has 7 nitrogen and oxygen atoms in total. The molecule has 0 unspecified atom stereocenters. The van der Waals surface area contributed by atoms with Crippen molar-refractivity contribution in [2.75, 3.05) is 11.9 Å². The number of aryl methyl sites for hydroxylation is 1. The number of thiocarbonyl (C=S) groups is 1. The number of nitrogens with one attached hydrogen (secondary N) is 1. The van der Waals surface area contributed by atoms with Gasteiger partial charge in [0.05, 0.1) is 9.83 Å². The standard InChI is InChI=1S/C21H19N3O4S2/c1-14-7-9-16(10-8-14)22-19(25)6-3-11-23-20(26)18(30-21(23)29)13-15-4-2-5-17(12-15)24(27)28/h2,4-5,7-10,12-13H,3,6,11H2,1H3,(H,22,25)/b18-13-. The quantitative estimate of drug-likeness (QED) is 0.294. The lowest BCUT2D eigenvalue weighted by Crippen LogP contribution is -2.29. The van der Waals surface area contributed by atoms with Crippen molar-refractivity contribution < 1.29 is 14.5 Å². The van der Waals surface area contributed by atoms with Gasteiger partial charge in [-0.15, -0.1) is 0 Å². The molecule has 1 N–H and O–H groups in total. The summed E-state index contributed by atoms with van der Waals surface area (Å²) in [6.45, 7) is 2.31. The Hall–Kier alpha value is -3.04. The predicted octanol–water partition coefficient (Wildman–Crippen LogP) is 4.52. The molecule has 1 saturated heterocycles. The van der Waals surface area contributed by atoms with Gasteiger partial charge in [0.15, 0.2) is 0 Å². The number of hydrogen-bond acceptors (Lipinski definition) is 6. The first-order valence-corrected chi connectivity index (χ1v) is 10.4. The number of nitrogens with zero attached hydrogens (tertiary/aromatic N) is 2. The summed E-state index contributed by atoms with van der Waals surface area (Å²) in [5, 5.41) is 13.7. The summed E-state index contributed by atoms with van der Waals surface area (Å²) in [6, 6.07) is 13.6. The molecule has 154 valence electrons. The van der Waals surface area contributed by atoms with E-state index in [-0.39, 0.29) is 23.9 Å². The summed E-state index contributed by atoms with van der Waals surface area (Å²) in [4.78, 5) is 37.1. The van der Waals surface area contributed by atoms with E-state index in [0.29, 0.717) is 27.8 Å². The summed E-state index contributed by atoms with van der Waals surface area (Å²) in [6.07, 6.45) is 2.32. The smallest absolute Gasteiger partial charge is 0.270 e. The fraction of sp³-hybridized carbons (Fsp3) is 0.190. The van der Waals surface area contributed by atoms with E-state index in [1.54, 1.807) is 18.2 Å². The first kappa shape index (κ1) is 21.7. The molecule has 0 bridgehead atoms. The van der Waals surface area contributed by atoms with Gasteiger partial charge in [0.25, 0.3) is 11.6 Å². The molecule has 2 aromatic rings. The van der Waals surface area contributed by atoms with Gasteiger partial charge in [0, 0.05) is 30.8 Å². The molecule has 2 amide bonds. The molecule has 0 aromatic heterocycles. The molecule has 0 aliphatic carbocycles. The molecule has 0 spiro atoms. The molecule has 1 aliphatic rings. The molecule has 9 heteroatoms. The molecular formula is C21H19N3O4S2. The van der Waals surface area contributed by atoms with E-state index in [1.165, 1.54) is 17.0 Å². The van der Waals surface area contributed by atoms with E-state index in [2.05, 4.69) is 5.32 Å². The Morgan fingerprint density at radius 1 is 1.27 bits per heavy atom. The number of hydrogen-bond donors (Lipinski definition) is 1. The lowest BCUT2D eigenvalue weighted by molar-refractivity contribution is -0.384. The first-order valence-electron chi connectivity index (χ1n) is 9.20. The number of benzene rings is 2. The SMILES string of the molecule is Cc1ccc(NC(=O)CCCN2C(=O)/C(=C/c3cccc([N+](=O)[O-])c3)SC2=S)cc1. The Morgan fingerprint density at radius 2 is 2.00 bits per heavy atom. The molecular weight excluding hydrogens is 422 g/mol. The fourth-order valence-corrected chi connectivity index (χ4v) is 4.14. The zero-order valence-electron chi connectivity index (χ0n) is 16.2. The zero-order valence-corrected chi connectivity index (χ0v) is 17.8. The molecule has 0 atom stereocenters. The van der Waals surface area contributed by atoms with Crippen LogP contribution in [0.3, 0.4) is 0 Å². The molecule has 0 radical (unpaired) electrons. The summed E-state index contributed by atoms with van der Waals surface area (Å²) in [5.74, 6) is -0.383. The lowest BCUT2D eigenvalue weighted by Gasteiger charge is -2.14. The number of nitro benzene ring substituents is 1. The second-order valence-electron chi connectivity index (χ2n) is 6.70. The van der Waals surface area contributed by atoms with Gasteiger partial charge >= 0.3 is 0 Å². The molecule has 30 heavy (non-hydrogen) atoms. The summed E-state index contributed by atoms with van der Waals surface area (Å²) in [7, 11) is 0. The topological polar surface area (TPSA) is 92.6 Å². The van der Waals surface area contributed by atoms with Gasteiger partial charge in [0.1, 0.15) is 4.32 Å². The highest BCUT2D eigenvalue weighted by Crippen LogP contribution is 2.33. The van der Waals surface area contributed by atoms with Gasteiger partial charge in [-0.2, -0.15) is 0 Å². The molecule has 1 heterocycles. The van der Waals surface area contributed by atoms with E-state index in [4.69, 9.17) is 12.2 Å². The van der Waals surface area contributed by atoms with E-state index in [9.17, 15) is 19.7 Å². The highest BCUT2D eigenvalue weighted by atomic mass is 32.2. The highest BCUT2D eigenvalue weighted by Gasteiger charge is 2.31. The molecule has 1 aliphatic heterocycles. The van der Waals surface area contributed by atoms with Gasteiger partial charge in [-0.1, -0.05) is 53.8 Å². The number of carbonyl (C=O) groups excluding carboxylic acids is 2. The largest absolute Gasteiger partial charge is 0.326 e. The number of amides is 2. The van der Waals surface area contributed by atoms with Crippen LogP contribution in [0.4, 0.5) is 11.4 Å². The number of nitro groups is 1. The van der Waals surface area contributed by atoms with Crippen LogP contribution in [0.15, 0.2) is 53.4 Å². The monoisotopic (exact) mass is 441 g/mol. The minimum absolute atomic E-state index is 0.0428. The maximum absolute atomic E-state index is 12.7. The van der Waals surface area contributed by atoms with Crippen LogP contribution in [0, 0.1) is 17.0 Å². The van der Waals surface area contributed by atoms with Crippen molar-refractivity contribution in [3.63, 3.8) is 0 Å². The van der Waals surface area contributed by atoms with E-state index < -0.39 is 4.92 Å². The van der Waals surface area contributed by atoms with Gasteiger partial charge in [-0.3, -0.25) is 24.6 Å². The van der Waals surface area contributed by atoms with E-state index >= 15 is 0 Å². The molecule has 2 aromatic carbocycles. The van der Waals surface area contributed by atoms with Gasteiger partial charge in [0.2, 0.25) is 5.91 Å². The van der Waals surface area contributed by atoms with Gasteiger partial charge in [-0.05, 0) is 37.1 Å². The van der Waals surface area contributed by atoms with Crippen LogP contribution >= 0.6 is 24.0 Å². The van der Waals surface area contributed by atoms with E-state index in [1.807, 2.05) is 31.2 Å². The number of non-ortho nitro benzene ring substituents is 1. The first-order chi connectivity index (χ1) is 14.3. The number of rotatable bonds is 7. The van der Waals surface area contributed by atoms with Crippen molar-refractivity contribution in [2.24, 2.45) is 0 Å². The summed E-state index contributed by atoms with van der Waals surface area (Å²) in [5.41, 5.74) is 2.36. The molecule has 3 rings (SSSR count). The third kappa shape index (κ3) is 5.52. The van der Waals surface area contributed by atoms with E-state index in [0.717, 1.165) is 23.0 Å². The third-order valence-electron chi connectivity index (χ3n) is 4.37. The number of anilines is 1. The van der Waals surface area contributed by atoms with Crippen LogP contribution in [0.2, 0.25) is 0 Å². The van der Waals surface area contributed by atoms with Crippen LogP contribution in [-0.2, 0) is 9.59 Å². The normalized spacial score (nSPS) is 15.0. The van der Waals surface area contributed by atoms with Crippen molar-refractivity contribution in [3.8, 4) is 0 Å². The maximum atomic E-state index is 12.7. The van der Waals surface area contributed by atoms with Gasteiger partial charge in [-0.25, -0.2) is 0 Å². The van der Waals surface area contributed by atoms with Crippen LogP contribution in [-0.4, -0.2) is 32.5 Å². The van der Waals surface area contributed by atoms with Crippen molar-refractivity contribution in [2.45, 2.75) is 19.8 Å². The van der Waals surface area contributed by atoms with Crippen molar-refractivity contribution in [1.29, 1.82) is 0 Å². The Balaban J connectivity index is 1.56. The van der Waals surface area contributed by atoms with Crippen molar-refractivity contribution in [3.05, 3.63) is 74.7 Å². The number of thioether (sulfide) groups is 1. The van der Waals surface area contributed by atoms with Crippen molar-refractivity contribution in [1.82, 2.24) is 4.90 Å². The minimum Gasteiger partial charge on any atom is -0.326 e. The second kappa shape index (κ2) is 9.64. The zero-order chi connectivity index (χ0) is 21.7. The predicted molar refractivity (Wildman–Crippen MR) is 122 cm³/mol. The molecule has 0 saturated carbocycles. The van der Waals surface area contributed by atoms with Crippen LogP contribution < -0.4 is 5.32 Å². The Kier molecular flexibility index (Phi) is 6.96. The second-order valence-corrected chi connectivity index (χ2v) is 8.38.